The molecule has 6 nitrogen and oxygen atoms in total. The second kappa shape index (κ2) is 8.10. The number of carboxylic acid groups (broad SMARTS) is 1. The summed E-state index contributed by atoms with van der Waals surface area (Å²) in [7, 11) is 0. The average Bonchev–Trinajstić information content (AvgIpc) is 2.56. The summed E-state index contributed by atoms with van der Waals surface area (Å²) in [4.78, 5) is 35.2. The van der Waals surface area contributed by atoms with E-state index in [1.54, 1.807) is 18.2 Å². The van der Waals surface area contributed by atoms with Crippen molar-refractivity contribution in [2.45, 2.75) is 26.3 Å². The van der Waals surface area contributed by atoms with E-state index in [9.17, 15) is 19.5 Å². The lowest BCUT2D eigenvalue weighted by atomic mass is 10.0. The third-order valence-electron chi connectivity index (χ3n) is 3.65. The Bertz CT molecular complexity index is 784. The van der Waals surface area contributed by atoms with Crippen LogP contribution in [0.25, 0.3) is 0 Å². The van der Waals surface area contributed by atoms with Crippen LogP contribution in [0.4, 0.5) is 5.69 Å². The number of benzene rings is 2. The summed E-state index contributed by atoms with van der Waals surface area (Å²) in [6.45, 7) is 3.28. The average molecular weight is 340 g/mol. The normalized spacial score (nSPS) is 11.4. The van der Waals surface area contributed by atoms with Gasteiger partial charge in [-0.15, -0.1) is 0 Å². The fourth-order valence-corrected chi connectivity index (χ4v) is 2.38. The number of aryl methyl sites for hydroxylation is 1. The minimum atomic E-state index is -1.12. The summed E-state index contributed by atoms with van der Waals surface area (Å²) in [6.07, 6.45) is 0.170. The molecule has 1 atom stereocenters. The highest BCUT2D eigenvalue weighted by Gasteiger charge is 2.22. The number of nitrogens with one attached hydrogen (secondary N) is 2. The molecule has 0 aliphatic heterocycles. The van der Waals surface area contributed by atoms with Crippen LogP contribution in [-0.2, 0) is 16.0 Å². The van der Waals surface area contributed by atoms with Crippen molar-refractivity contribution in [1.29, 1.82) is 0 Å². The van der Waals surface area contributed by atoms with E-state index >= 15 is 0 Å². The van der Waals surface area contributed by atoms with E-state index < -0.39 is 17.9 Å². The monoisotopic (exact) mass is 340 g/mol. The molecule has 0 bridgehead atoms. The summed E-state index contributed by atoms with van der Waals surface area (Å²) in [5, 5.41) is 14.5. The molecule has 0 saturated carbocycles. The van der Waals surface area contributed by atoms with E-state index in [4.69, 9.17) is 0 Å². The van der Waals surface area contributed by atoms with Crippen LogP contribution in [0, 0.1) is 6.92 Å². The molecule has 2 rings (SSSR count). The third kappa shape index (κ3) is 5.17. The number of carboxylic acids is 1. The number of aliphatic carboxylic acids is 1. The SMILES string of the molecule is CC(=O)Nc1ccccc1C(=O)N[C@H](Cc1ccc(C)cc1)C(=O)O. The molecule has 0 aliphatic carbocycles. The van der Waals surface area contributed by atoms with Gasteiger partial charge in [-0.2, -0.15) is 0 Å². The van der Waals surface area contributed by atoms with Crippen molar-refractivity contribution in [3.63, 3.8) is 0 Å². The molecular weight excluding hydrogens is 320 g/mol. The molecule has 2 aromatic carbocycles. The summed E-state index contributed by atoms with van der Waals surface area (Å²) < 4.78 is 0. The standard InChI is InChI=1S/C19H20N2O4/c1-12-7-9-14(10-8-12)11-17(19(24)25)21-18(23)15-5-3-4-6-16(15)20-13(2)22/h3-10,17H,11H2,1-2H3,(H,20,22)(H,21,23)(H,24,25)/t17-/m1/s1. The first-order valence-corrected chi connectivity index (χ1v) is 7.82. The second-order valence-electron chi connectivity index (χ2n) is 5.78. The fraction of sp³-hybridized carbons (Fsp3) is 0.211. The molecule has 0 spiro atoms. The van der Waals surface area contributed by atoms with Crippen LogP contribution in [-0.4, -0.2) is 28.9 Å². The zero-order valence-electron chi connectivity index (χ0n) is 14.1. The van der Waals surface area contributed by atoms with E-state index in [-0.39, 0.29) is 17.9 Å². The summed E-state index contributed by atoms with van der Waals surface area (Å²) in [5.74, 6) is -1.98. The molecule has 2 amide bonds. The summed E-state index contributed by atoms with van der Waals surface area (Å²) in [5.41, 5.74) is 2.44. The van der Waals surface area contributed by atoms with Crippen molar-refractivity contribution in [2.24, 2.45) is 0 Å². The van der Waals surface area contributed by atoms with Crippen LogP contribution in [0.2, 0.25) is 0 Å². The van der Waals surface area contributed by atoms with E-state index in [0.29, 0.717) is 5.69 Å². The highest BCUT2D eigenvalue weighted by molar-refractivity contribution is 6.04. The van der Waals surface area contributed by atoms with Gasteiger partial charge in [0.15, 0.2) is 0 Å². The van der Waals surface area contributed by atoms with Gasteiger partial charge in [0.2, 0.25) is 5.91 Å². The van der Waals surface area contributed by atoms with Gasteiger partial charge in [-0.05, 0) is 24.6 Å². The second-order valence-corrected chi connectivity index (χ2v) is 5.78. The van der Waals surface area contributed by atoms with Crippen molar-refractivity contribution in [2.75, 3.05) is 5.32 Å². The van der Waals surface area contributed by atoms with Crippen LogP contribution in [0.3, 0.4) is 0 Å². The number of rotatable bonds is 6. The molecule has 0 fully saturated rings. The lowest BCUT2D eigenvalue weighted by molar-refractivity contribution is -0.139. The smallest absolute Gasteiger partial charge is 0.326 e. The molecule has 2 aromatic rings. The van der Waals surface area contributed by atoms with Crippen LogP contribution in [0.15, 0.2) is 48.5 Å². The fourth-order valence-electron chi connectivity index (χ4n) is 2.38. The molecule has 0 saturated heterocycles. The third-order valence-corrected chi connectivity index (χ3v) is 3.65. The Balaban J connectivity index is 2.17. The van der Waals surface area contributed by atoms with Crippen LogP contribution < -0.4 is 10.6 Å². The number of hydrogen-bond donors (Lipinski definition) is 3. The summed E-state index contributed by atoms with van der Waals surface area (Å²) >= 11 is 0. The van der Waals surface area contributed by atoms with Crippen molar-refractivity contribution in [1.82, 2.24) is 5.32 Å². The van der Waals surface area contributed by atoms with Gasteiger partial charge in [0, 0.05) is 13.3 Å². The van der Waals surface area contributed by atoms with Gasteiger partial charge in [-0.1, -0.05) is 42.0 Å². The van der Waals surface area contributed by atoms with Gasteiger partial charge < -0.3 is 15.7 Å². The maximum Gasteiger partial charge on any atom is 0.326 e. The molecule has 0 unspecified atom stereocenters. The van der Waals surface area contributed by atoms with Gasteiger partial charge >= 0.3 is 5.97 Å². The number of hydrogen-bond acceptors (Lipinski definition) is 3. The van der Waals surface area contributed by atoms with E-state index in [1.807, 2.05) is 31.2 Å². The predicted octanol–water partition coefficient (Wildman–Crippen LogP) is 2.38. The van der Waals surface area contributed by atoms with E-state index in [0.717, 1.165) is 11.1 Å². The molecule has 0 radical (unpaired) electrons. The van der Waals surface area contributed by atoms with Gasteiger partial charge in [0.05, 0.1) is 11.3 Å². The number of carbonyl (C=O) groups is 3. The van der Waals surface area contributed by atoms with E-state index in [2.05, 4.69) is 10.6 Å². The van der Waals surface area contributed by atoms with Gasteiger partial charge in [-0.25, -0.2) is 4.79 Å². The Kier molecular flexibility index (Phi) is 5.89. The van der Waals surface area contributed by atoms with Crippen LogP contribution in [0.5, 0.6) is 0 Å². The van der Waals surface area contributed by atoms with Crippen LogP contribution in [0.1, 0.15) is 28.4 Å². The molecule has 25 heavy (non-hydrogen) atoms. The molecule has 130 valence electrons. The van der Waals surface area contributed by atoms with Gasteiger partial charge in [0.1, 0.15) is 6.04 Å². The first-order valence-electron chi connectivity index (χ1n) is 7.82. The predicted molar refractivity (Wildman–Crippen MR) is 94.5 cm³/mol. The highest BCUT2D eigenvalue weighted by Crippen LogP contribution is 2.15. The zero-order valence-corrected chi connectivity index (χ0v) is 14.1. The van der Waals surface area contributed by atoms with Crippen molar-refractivity contribution in [3.05, 3.63) is 65.2 Å². The minimum absolute atomic E-state index is 0.170. The Morgan fingerprint density at radius 1 is 1.04 bits per heavy atom. The molecule has 0 aromatic heterocycles. The Labute approximate surface area is 145 Å². The quantitative estimate of drug-likeness (QED) is 0.752. The van der Waals surface area contributed by atoms with Crippen molar-refractivity contribution >= 4 is 23.5 Å². The molecule has 0 aliphatic rings. The molecule has 0 heterocycles. The Morgan fingerprint density at radius 3 is 2.28 bits per heavy atom. The van der Waals surface area contributed by atoms with Crippen molar-refractivity contribution in [3.8, 4) is 0 Å². The highest BCUT2D eigenvalue weighted by atomic mass is 16.4. The number of anilines is 1. The van der Waals surface area contributed by atoms with Crippen molar-refractivity contribution < 1.29 is 19.5 Å². The molecule has 6 heteroatoms. The minimum Gasteiger partial charge on any atom is -0.480 e. The number of para-hydroxylation sites is 1. The maximum absolute atomic E-state index is 12.5. The molecule has 3 N–H and O–H groups in total. The number of carbonyl (C=O) groups excluding carboxylic acids is 2. The first-order chi connectivity index (χ1) is 11.9. The Hall–Kier alpha value is -3.15. The lowest BCUT2D eigenvalue weighted by Gasteiger charge is -2.16. The van der Waals surface area contributed by atoms with Gasteiger partial charge in [-0.3, -0.25) is 9.59 Å². The maximum atomic E-state index is 12.5. The summed E-state index contributed by atoms with van der Waals surface area (Å²) in [6, 6.07) is 12.8. The lowest BCUT2D eigenvalue weighted by Crippen LogP contribution is -2.42. The van der Waals surface area contributed by atoms with E-state index in [1.165, 1.54) is 13.0 Å². The van der Waals surface area contributed by atoms with Crippen LogP contribution >= 0.6 is 0 Å². The first kappa shape index (κ1) is 18.2. The topological polar surface area (TPSA) is 95.5 Å². The number of amides is 2. The molecular formula is C19H20N2O4. The van der Waals surface area contributed by atoms with Gasteiger partial charge in [0.25, 0.3) is 5.91 Å². The Morgan fingerprint density at radius 2 is 1.68 bits per heavy atom. The largest absolute Gasteiger partial charge is 0.480 e. The zero-order chi connectivity index (χ0) is 18.4.